The summed E-state index contributed by atoms with van der Waals surface area (Å²) in [6.45, 7) is 5.09. The molecule has 1 rings (SSSR count). The predicted octanol–water partition coefficient (Wildman–Crippen LogP) is 2.58. The largest absolute Gasteiger partial charge is 0.389 e. The first-order chi connectivity index (χ1) is 7.97. The van der Waals surface area contributed by atoms with E-state index >= 15 is 0 Å². The summed E-state index contributed by atoms with van der Waals surface area (Å²) in [5.41, 5.74) is -0.723. The van der Waals surface area contributed by atoms with Crippen LogP contribution in [0.2, 0.25) is 0 Å². The van der Waals surface area contributed by atoms with Crippen LogP contribution in [0.25, 0.3) is 0 Å². The third-order valence-corrected chi connectivity index (χ3v) is 3.97. The van der Waals surface area contributed by atoms with Crippen molar-refractivity contribution in [2.45, 2.75) is 64.4 Å². The van der Waals surface area contributed by atoms with E-state index in [1.807, 2.05) is 7.05 Å². The van der Waals surface area contributed by atoms with Crippen LogP contribution in [-0.2, 0) is 4.79 Å². The van der Waals surface area contributed by atoms with Crippen molar-refractivity contribution in [3.63, 3.8) is 0 Å². The lowest BCUT2D eigenvalue weighted by atomic mass is 9.82. The Labute approximate surface area is 105 Å². The van der Waals surface area contributed by atoms with Gasteiger partial charge in [0, 0.05) is 13.6 Å². The van der Waals surface area contributed by atoms with E-state index < -0.39 is 5.60 Å². The van der Waals surface area contributed by atoms with E-state index in [2.05, 4.69) is 13.8 Å². The number of carbonyl (C=O) groups excluding carboxylic acids is 1. The summed E-state index contributed by atoms with van der Waals surface area (Å²) in [6, 6.07) is 0. The van der Waals surface area contributed by atoms with Crippen molar-refractivity contribution in [1.82, 2.24) is 4.90 Å². The Balaban J connectivity index is 2.41. The minimum absolute atomic E-state index is 0.0923. The number of aliphatic hydroxyl groups is 1. The second-order valence-electron chi connectivity index (χ2n) is 5.75. The first-order valence-electron chi connectivity index (χ1n) is 6.93. The van der Waals surface area contributed by atoms with Gasteiger partial charge in [-0.25, -0.2) is 0 Å². The Hall–Kier alpha value is -0.570. The van der Waals surface area contributed by atoms with Crippen molar-refractivity contribution in [2.24, 2.45) is 5.92 Å². The Kier molecular flexibility index (Phi) is 5.44. The quantitative estimate of drug-likeness (QED) is 0.803. The minimum Gasteiger partial charge on any atom is -0.389 e. The average molecular weight is 241 g/mol. The molecule has 1 amide bonds. The molecule has 1 unspecified atom stereocenters. The van der Waals surface area contributed by atoms with Gasteiger partial charge in [0.1, 0.15) is 0 Å². The van der Waals surface area contributed by atoms with Crippen LogP contribution in [-0.4, -0.2) is 35.1 Å². The molecule has 0 aliphatic heterocycles. The molecule has 1 aliphatic rings. The zero-order valence-corrected chi connectivity index (χ0v) is 11.5. The van der Waals surface area contributed by atoms with Gasteiger partial charge in [0.15, 0.2) is 0 Å². The summed E-state index contributed by atoms with van der Waals surface area (Å²) in [6.07, 6.45) is 6.27. The van der Waals surface area contributed by atoms with E-state index in [9.17, 15) is 9.90 Å². The number of hydrogen-bond acceptors (Lipinski definition) is 2. The van der Waals surface area contributed by atoms with Crippen LogP contribution in [0.1, 0.15) is 58.8 Å². The molecule has 0 heterocycles. The van der Waals surface area contributed by atoms with Gasteiger partial charge in [-0.3, -0.25) is 4.79 Å². The summed E-state index contributed by atoms with van der Waals surface area (Å²) < 4.78 is 0. The fourth-order valence-electron chi connectivity index (χ4n) is 2.50. The molecule has 0 saturated heterocycles. The highest BCUT2D eigenvalue weighted by Crippen LogP contribution is 2.31. The molecule has 3 nitrogen and oxygen atoms in total. The van der Waals surface area contributed by atoms with Gasteiger partial charge in [0.25, 0.3) is 0 Å². The predicted molar refractivity (Wildman–Crippen MR) is 69.7 cm³/mol. The Morgan fingerprint density at radius 1 is 1.35 bits per heavy atom. The second-order valence-corrected chi connectivity index (χ2v) is 5.75. The molecule has 1 saturated carbocycles. The molecule has 0 spiro atoms. The van der Waals surface area contributed by atoms with Crippen molar-refractivity contribution in [1.29, 1.82) is 0 Å². The van der Waals surface area contributed by atoms with Crippen LogP contribution < -0.4 is 0 Å². The smallest absolute Gasteiger partial charge is 0.225 e. The highest BCUT2D eigenvalue weighted by atomic mass is 16.3. The van der Waals surface area contributed by atoms with Gasteiger partial charge in [-0.2, -0.15) is 0 Å². The Morgan fingerprint density at radius 2 is 1.94 bits per heavy atom. The molecule has 0 aromatic rings. The first kappa shape index (κ1) is 14.5. The normalized spacial score (nSPS) is 20.9. The van der Waals surface area contributed by atoms with Gasteiger partial charge in [0.2, 0.25) is 5.91 Å². The molecule has 100 valence electrons. The van der Waals surface area contributed by atoms with Crippen molar-refractivity contribution in [2.75, 3.05) is 13.6 Å². The number of amides is 1. The Morgan fingerprint density at radius 3 is 2.47 bits per heavy atom. The molecule has 0 bridgehead atoms. The zero-order chi connectivity index (χ0) is 12.9. The average Bonchev–Trinajstić information content (AvgIpc) is 2.29. The second kappa shape index (κ2) is 6.39. The van der Waals surface area contributed by atoms with E-state index in [4.69, 9.17) is 0 Å². The number of carbonyl (C=O) groups is 1. The van der Waals surface area contributed by atoms with Gasteiger partial charge in [0.05, 0.1) is 12.0 Å². The molecule has 1 fully saturated rings. The number of rotatable bonds is 5. The maximum atomic E-state index is 12.0. The summed E-state index contributed by atoms with van der Waals surface area (Å²) in [5.74, 6) is 0.625. The summed E-state index contributed by atoms with van der Waals surface area (Å²) in [4.78, 5) is 13.8. The maximum absolute atomic E-state index is 12.0. The lowest BCUT2D eigenvalue weighted by molar-refractivity contribution is -0.137. The fourth-order valence-corrected chi connectivity index (χ4v) is 2.50. The summed E-state index contributed by atoms with van der Waals surface area (Å²) in [7, 11) is 1.85. The third-order valence-electron chi connectivity index (χ3n) is 3.97. The van der Waals surface area contributed by atoms with Crippen molar-refractivity contribution in [3.05, 3.63) is 0 Å². The molecule has 3 heteroatoms. The Bertz CT molecular complexity index is 247. The topological polar surface area (TPSA) is 40.5 Å². The first-order valence-corrected chi connectivity index (χ1v) is 6.93. The van der Waals surface area contributed by atoms with Crippen molar-refractivity contribution >= 4 is 5.91 Å². The maximum Gasteiger partial charge on any atom is 0.225 e. The summed E-state index contributed by atoms with van der Waals surface area (Å²) in [5, 5.41) is 10.3. The number of hydrogen-bond donors (Lipinski definition) is 1. The zero-order valence-electron chi connectivity index (χ0n) is 11.5. The van der Waals surface area contributed by atoms with Crippen LogP contribution >= 0.6 is 0 Å². The molecule has 1 atom stereocenters. The lowest BCUT2D eigenvalue weighted by Crippen LogP contribution is -2.40. The van der Waals surface area contributed by atoms with Gasteiger partial charge >= 0.3 is 0 Å². The molecule has 0 aromatic heterocycles. The van der Waals surface area contributed by atoms with Gasteiger partial charge < -0.3 is 10.0 Å². The molecule has 1 N–H and O–H groups in total. The van der Waals surface area contributed by atoms with Crippen LogP contribution in [0, 0.1) is 5.92 Å². The summed E-state index contributed by atoms with van der Waals surface area (Å²) >= 11 is 0. The fraction of sp³-hybridized carbons (Fsp3) is 0.929. The monoisotopic (exact) mass is 241 g/mol. The van der Waals surface area contributed by atoms with Crippen molar-refractivity contribution < 1.29 is 9.90 Å². The van der Waals surface area contributed by atoms with E-state index in [-0.39, 0.29) is 5.91 Å². The lowest BCUT2D eigenvalue weighted by Gasteiger charge is -2.33. The number of nitrogens with zero attached hydrogens (tertiary/aromatic N) is 1. The SMILES string of the molecule is CCC(C)CN(C)C(=O)CC1(O)CCCCC1. The highest BCUT2D eigenvalue weighted by Gasteiger charge is 2.32. The van der Waals surface area contributed by atoms with Crippen LogP contribution in [0.5, 0.6) is 0 Å². The van der Waals surface area contributed by atoms with Gasteiger partial charge in [-0.05, 0) is 18.8 Å². The standard InChI is InChI=1S/C14H27NO2/c1-4-12(2)11-15(3)13(16)10-14(17)8-6-5-7-9-14/h12,17H,4-11H2,1-3H3. The van der Waals surface area contributed by atoms with Crippen LogP contribution in [0.3, 0.4) is 0 Å². The molecular weight excluding hydrogens is 214 g/mol. The molecular formula is C14H27NO2. The van der Waals surface area contributed by atoms with Crippen LogP contribution in [0.15, 0.2) is 0 Å². The highest BCUT2D eigenvalue weighted by molar-refractivity contribution is 5.77. The van der Waals surface area contributed by atoms with E-state index in [1.165, 1.54) is 6.42 Å². The minimum atomic E-state index is -0.723. The van der Waals surface area contributed by atoms with E-state index in [1.54, 1.807) is 4.90 Å². The van der Waals surface area contributed by atoms with Gasteiger partial charge in [-0.1, -0.05) is 39.5 Å². The third kappa shape index (κ3) is 4.66. The van der Waals surface area contributed by atoms with E-state index in [0.717, 1.165) is 38.6 Å². The van der Waals surface area contributed by atoms with E-state index in [0.29, 0.717) is 12.3 Å². The van der Waals surface area contributed by atoms with Gasteiger partial charge in [-0.15, -0.1) is 0 Å². The molecule has 17 heavy (non-hydrogen) atoms. The van der Waals surface area contributed by atoms with Crippen molar-refractivity contribution in [3.8, 4) is 0 Å². The molecule has 0 aromatic carbocycles. The van der Waals surface area contributed by atoms with Crippen LogP contribution in [0.4, 0.5) is 0 Å². The molecule has 1 aliphatic carbocycles. The molecule has 0 radical (unpaired) electrons.